The fourth-order valence-corrected chi connectivity index (χ4v) is 3.39. The number of benzene rings is 1. The van der Waals surface area contributed by atoms with E-state index in [2.05, 4.69) is 42.4 Å². The second kappa shape index (κ2) is 7.26. The van der Waals surface area contributed by atoms with Gasteiger partial charge in [0.05, 0.1) is 6.61 Å². The van der Waals surface area contributed by atoms with E-state index in [9.17, 15) is 4.79 Å². The van der Waals surface area contributed by atoms with E-state index < -0.39 is 0 Å². The molecule has 5 heteroatoms. The predicted molar refractivity (Wildman–Crippen MR) is 95.0 cm³/mol. The summed E-state index contributed by atoms with van der Waals surface area (Å²) in [6.45, 7) is 4.39. The number of halogens is 1. The smallest absolute Gasteiger partial charge is 0.328 e. The van der Waals surface area contributed by atoms with Crippen molar-refractivity contribution in [3.8, 4) is 0 Å². The highest BCUT2D eigenvalue weighted by Gasteiger charge is 2.30. The van der Waals surface area contributed by atoms with Crippen LogP contribution in [0.5, 0.6) is 0 Å². The number of esters is 1. The molecule has 4 nitrogen and oxygen atoms in total. The van der Waals surface area contributed by atoms with Crippen LogP contribution in [0, 0.1) is 6.92 Å². The first-order valence-corrected chi connectivity index (χ1v) is 8.08. The molecule has 0 saturated heterocycles. The van der Waals surface area contributed by atoms with E-state index in [1.54, 1.807) is 0 Å². The van der Waals surface area contributed by atoms with Crippen LogP contribution in [0.4, 0.5) is 5.69 Å². The van der Waals surface area contributed by atoms with Crippen LogP contribution in [-0.2, 0) is 16.0 Å². The summed E-state index contributed by atoms with van der Waals surface area (Å²) in [5.41, 5.74) is 5.25. The first-order chi connectivity index (χ1) is 10.6. The van der Waals surface area contributed by atoms with E-state index in [1.165, 1.54) is 22.4 Å². The van der Waals surface area contributed by atoms with Gasteiger partial charge in [-0.25, -0.2) is 4.79 Å². The van der Waals surface area contributed by atoms with Crippen LogP contribution in [0.2, 0.25) is 0 Å². The van der Waals surface area contributed by atoms with Crippen molar-refractivity contribution in [2.75, 3.05) is 18.6 Å². The molecule has 1 atom stereocenters. The van der Waals surface area contributed by atoms with Crippen molar-refractivity contribution in [3.05, 3.63) is 40.7 Å². The molecule has 0 aromatic heterocycles. The van der Waals surface area contributed by atoms with Crippen LogP contribution >= 0.6 is 12.4 Å². The molecule has 0 saturated carbocycles. The van der Waals surface area contributed by atoms with Gasteiger partial charge in [-0.1, -0.05) is 12.1 Å². The number of rotatable bonds is 2. The molecule has 1 unspecified atom stereocenters. The van der Waals surface area contributed by atoms with E-state index in [-0.39, 0.29) is 24.4 Å². The van der Waals surface area contributed by atoms with Crippen LogP contribution in [0.1, 0.15) is 37.3 Å². The van der Waals surface area contributed by atoms with E-state index in [0.29, 0.717) is 6.61 Å². The van der Waals surface area contributed by atoms with Gasteiger partial charge < -0.3 is 15.0 Å². The summed E-state index contributed by atoms with van der Waals surface area (Å²) in [5, 5.41) is 3.44. The van der Waals surface area contributed by atoms with Crippen molar-refractivity contribution in [1.82, 2.24) is 5.32 Å². The van der Waals surface area contributed by atoms with Gasteiger partial charge in [0.25, 0.3) is 0 Å². The number of aryl methyl sites for hydroxylation is 1. The second-order valence-corrected chi connectivity index (χ2v) is 6.16. The molecule has 2 heterocycles. The third-order valence-electron chi connectivity index (χ3n) is 4.53. The lowest BCUT2D eigenvalue weighted by Gasteiger charge is -2.33. The molecule has 0 bridgehead atoms. The van der Waals surface area contributed by atoms with Gasteiger partial charge in [-0.2, -0.15) is 0 Å². The molecule has 0 aliphatic carbocycles. The Morgan fingerprint density at radius 3 is 2.96 bits per heavy atom. The maximum absolute atomic E-state index is 12.1. The summed E-state index contributed by atoms with van der Waals surface area (Å²) in [5.74, 6) is 0.952. The number of carbonyl (C=O) groups excluding carboxylic acids is 1. The molecular weight excluding hydrogens is 312 g/mol. The fourth-order valence-electron chi connectivity index (χ4n) is 3.39. The molecule has 0 fully saturated rings. The number of allylic oxidation sites excluding steroid dienone is 1. The summed E-state index contributed by atoms with van der Waals surface area (Å²) < 4.78 is 5.20. The molecule has 0 radical (unpaired) electrons. The lowest BCUT2D eigenvalue weighted by Crippen LogP contribution is -2.42. The summed E-state index contributed by atoms with van der Waals surface area (Å²) in [6.07, 6.45) is 3.85. The van der Waals surface area contributed by atoms with Crippen LogP contribution in [0.3, 0.4) is 0 Å². The molecule has 2 aliphatic rings. The van der Waals surface area contributed by atoms with Gasteiger partial charge in [0, 0.05) is 12.7 Å². The Hall–Kier alpha value is -1.68. The van der Waals surface area contributed by atoms with E-state index in [4.69, 9.17) is 4.74 Å². The molecule has 3 rings (SSSR count). The molecular formula is C18H25ClN2O2. The molecule has 0 amide bonds. The third kappa shape index (κ3) is 3.47. The van der Waals surface area contributed by atoms with Crippen LogP contribution < -0.4 is 10.2 Å². The first kappa shape index (κ1) is 17.7. The number of ether oxygens (including phenoxy) is 1. The zero-order chi connectivity index (χ0) is 15.7. The van der Waals surface area contributed by atoms with Gasteiger partial charge in [-0.05, 0) is 62.3 Å². The van der Waals surface area contributed by atoms with Crippen molar-refractivity contribution in [1.29, 1.82) is 0 Å². The number of nitrogens with zero attached hydrogens (tertiary/aromatic N) is 1. The minimum atomic E-state index is -0.235. The van der Waals surface area contributed by atoms with Crippen molar-refractivity contribution in [3.63, 3.8) is 0 Å². The highest BCUT2D eigenvalue weighted by molar-refractivity contribution is 5.85. The number of nitrogens with one attached hydrogen (secondary N) is 1. The minimum absolute atomic E-state index is 0. The summed E-state index contributed by atoms with van der Waals surface area (Å²) in [6, 6.07) is 6.37. The summed E-state index contributed by atoms with van der Waals surface area (Å²) in [4.78, 5) is 14.3. The van der Waals surface area contributed by atoms with Gasteiger partial charge in [-0.15, -0.1) is 12.4 Å². The van der Waals surface area contributed by atoms with Crippen molar-refractivity contribution < 1.29 is 9.53 Å². The Bertz CT molecular complexity index is 627. The predicted octanol–water partition coefficient (Wildman–Crippen LogP) is 3.33. The lowest BCUT2D eigenvalue weighted by atomic mass is 9.94. The summed E-state index contributed by atoms with van der Waals surface area (Å²) in [7, 11) is 2.08. The fraction of sp³-hybridized carbons (Fsp3) is 0.500. The van der Waals surface area contributed by atoms with Crippen LogP contribution in [0.25, 0.3) is 0 Å². The standard InChI is InChI=1S/C18H24N2O2.ClH/c1-4-22-18(21)15-7-5-6-14-11-13-9-8-12(2)10-16(13)20(3)17(14)19-15;/h8-10,15,19H,4-7,11H2,1-3H3;1H. The minimum Gasteiger partial charge on any atom is -0.464 e. The molecule has 126 valence electrons. The number of fused-ring (bicyclic) bond motifs is 1. The van der Waals surface area contributed by atoms with Gasteiger partial charge in [0.2, 0.25) is 0 Å². The molecule has 0 spiro atoms. The molecule has 2 aliphatic heterocycles. The van der Waals surface area contributed by atoms with Gasteiger partial charge in [-0.3, -0.25) is 0 Å². The molecule has 1 aromatic carbocycles. The monoisotopic (exact) mass is 336 g/mol. The van der Waals surface area contributed by atoms with Crippen molar-refractivity contribution in [2.24, 2.45) is 0 Å². The van der Waals surface area contributed by atoms with Crippen molar-refractivity contribution in [2.45, 2.75) is 45.6 Å². The highest BCUT2D eigenvalue weighted by atomic mass is 35.5. The molecule has 23 heavy (non-hydrogen) atoms. The zero-order valence-corrected chi connectivity index (χ0v) is 14.8. The van der Waals surface area contributed by atoms with Gasteiger partial charge in [0.1, 0.15) is 11.9 Å². The number of anilines is 1. The quantitative estimate of drug-likeness (QED) is 0.841. The topological polar surface area (TPSA) is 41.6 Å². The van der Waals surface area contributed by atoms with E-state index in [1.807, 2.05) is 6.92 Å². The molecule has 1 N–H and O–H groups in total. The maximum Gasteiger partial charge on any atom is 0.328 e. The number of hydrogen-bond donors (Lipinski definition) is 1. The van der Waals surface area contributed by atoms with Gasteiger partial charge >= 0.3 is 5.97 Å². The zero-order valence-electron chi connectivity index (χ0n) is 14.0. The van der Waals surface area contributed by atoms with E-state index >= 15 is 0 Å². The average Bonchev–Trinajstić information content (AvgIpc) is 2.71. The Morgan fingerprint density at radius 1 is 1.43 bits per heavy atom. The third-order valence-corrected chi connectivity index (χ3v) is 4.53. The first-order valence-electron chi connectivity index (χ1n) is 8.08. The maximum atomic E-state index is 12.1. The average molecular weight is 337 g/mol. The van der Waals surface area contributed by atoms with Gasteiger partial charge in [0.15, 0.2) is 0 Å². The van der Waals surface area contributed by atoms with Crippen LogP contribution in [0.15, 0.2) is 29.6 Å². The highest BCUT2D eigenvalue weighted by Crippen LogP contribution is 2.35. The lowest BCUT2D eigenvalue weighted by molar-refractivity contribution is -0.145. The van der Waals surface area contributed by atoms with Crippen LogP contribution in [-0.4, -0.2) is 25.7 Å². The Labute approximate surface area is 144 Å². The number of hydrogen-bond acceptors (Lipinski definition) is 4. The largest absolute Gasteiger partial charge is 0.464 e. The summed E-state index contributed by atoms with van der Waals surface area (Å²) >= 11 is 0. The SMILES string of the molecule is CCOC(=O)C1CCCC2=C(N1)N(C)c1cc(C)ccc1C2.Cl. The molecule has 1 aromatic rings. The Balaban J connectivity index is 0.00000192. The van der Waals surface area contributed by atoms with Crippen molar-refractivity contribution >= 4 is 24.1 Å². The normalized spacial score (nSPS) is 19.8. The van der Waals surface area contributed by atoms with E-state index in [0.717, 1.165) is 31.5 Å². The number of carbonyl (C=O) groups is 1. The Kier molecular flexibility index (Phi) is 5.58. The second-order valence-electron chi connectivity index (χ2n) is 6.16. The Morgan fingerprint density at radius 2 is 2.22 bits per heavy atom.